The average Bonchev–Trinajstić information content (AvgIpc) is 3.81. The number of hydrogen-bond acceptors (Lipinski definition) is 11. The molecule has 1 spiro atoms. The lowest BCUT2D eigenvalue weighted by molar-refractivity contribution is -0.139. The Bertz CT molecular complexity index is 1440. The summed E-state index contributed by atoms with van der Waals surface area (Å²) in [4.78, 5) is 61.7. The molecule has 15 nitrogen and oxygen atoms in total. The number of carbonyl (C=O) groups excluding carboxylic acids is 3. The van der Waals surface area contributed by atoms with Crippen molar-refractivity contribution in [2.24, 2.45) is 10.1 Å². The first-order valence-corrected chi connectivity index (χ1v) is 14.5. The van der Waals surface area contributed by atoms with Gasteiger partial charge in [-0.1, -0.05) is 65.8 Å². The molecule has 3 aliphatic rings. The number of nitrogens with one attached hydrogen (secondary N) is 4. The average molecular weight is 622 g/mol. The van der Waals surface area contributed by atoms with E-state index in [0.717, 1.165) is 17.7 Å². The lowest BCUT2D eigenvalue weighted by atomic mass is 9.94. The van der Waals surface area contributed by atoms with E-state index in [-0.39, 0.29) is 37.9 Å². The van der Waals surface area contributed by atoms with Crippen molar-refractivity contribution in [2.75, 3.05) is 32.7 Å². The fourth-order valence-corrected chi connectivity index (χ4v) is 5.21. The van der Waals surface area contributed by atoms with Crippen LogP contribution in [0.15, 0.2) is 70.8 Å². The summed E-state index contributed by atoms with van der Waals surface area (Å²) in [6.45, 7) is 1.51. The van der Waals surface area contributed by atoms with Gasteiger partial charge in [-0.2, -0.15) is 0 Å². The third-order valence-electron chi connectivity index (χ3n) is 7.50. The van der Waals surface area contributed by atoms with E-state index in [1.54, 1.807) is 29.2 Å². The van der Waals surface area contributed by atoms with Crippen molar-refractivity contribution in [3.63, 3.8) is 0 Å². The minimum Gasteiger partial charge on any atom is -0.480 e. The first kappa shape index (κ1) is 31.1. The number of likely N-dealkylation sites (tertiary alicyclic amines) is 1. The Kier molecular flexibility index (Phi) is 9.97. The van der Waals surface area contributed by atoms with Crippen LogP contribution < -0.4 is 21.3 Å². The first-order valence-electron chi connectivity index (χ1n) is 14.5. The largest absolute Gasteiger partial charge is 0.480 e. The van der Waals surface area contributed by atoms with Gasteiger partial charge in [0.15, 0.2) is 11.6 Å². The van der Waals surface area contributed by atoms with Gasteiger partial charge in [-0.25, -0.2) is 14.4 Å². The van der Waals surface area contributed by atoms with Crippen LogP contribution in [0.1, 0.15) is 24.0 Å². The molecule has 238 valence electrons. The second kappa shape index (κ2) is 14.4. The molecule has 15 heteroatoms. The molecular weight excluding hydrogens is 586 g/mol. The molecule has 2 aromatic carbocycles. The summed E-state index contributed by atoms with van der Waals surface area (Å²) in [5, 5.41) is 24.6. The van der Waals surface area contributed by atoms with Crippen LogP contribution in [0.5, 0.6) is 0 Å². The first-order chi connectivity index (χ1) is 21.8. The number of ether oxygens (including phenoxy) is 2. The van der Waals surface area contributed by atoms with E-state index in [0.29, 0.717) is 25.5 Å². The zero-order chi connectivity index (χ0) is 31.6. The number of nitrogens with zero attached hydrogens (tertiary/aromatic N) is 3. The summed E-state index contributed by atoms with van der Waals surface area (Å²) in [7, 11) is 0. The van der Waals surface area contributed by atoms with Crippen LogP contribution in [-0.4, -0.2) is 96.1 Å². The third-order valence-corrected chi connectivity index (χ3v) is 7.50. The molecule has 3 aliphatic heterocycles. The molecule has 0 aliphatic carbocycles. The standard InChI is InChI=1S/C30H35N7O8/c38-25(33-16-24(26(39)40)35-28(41)43-17-20-7-3-1-4-8-20)23-14-30(45-36-23)13-22(15-34-27-31-11-12-32-27)37(19-30)29(42)44-18-21-9-5-2-6-10-21/h1-10,22,24H,11-19H2,(H,33,38)(H,35,41)(H,39,40)(H2,31,32,34)/t22?,24?,30-/m0/s1. The van der Waals surface area contributed by atoms with Gasteiger partial charge in [-0.15, -0.1) is 0 Å². The predicted molar refractivity (Wildman–Crippen MR) is 160 cm³/mol. The molecule has 3 atom stereocenters. The van der Waals surface area contributed by atoms with Gasteiger partial charge in [0, 0.05) is 32.5 Å². The molecule has 0 bridgehead atoms. The zero-order valence-corrected chi connectivity index (χ0v) is 24.4. The number of carboxylic acids is 1. The summed E-state index contributed by atoms with van der Waals surface area (Å²) in [5.74, 6) is -1.37. The van der Waals surface area contributed by atoms with Crippen LogP contribution in [0, 0.1) is 0 Å². The lowest BCUT2D eigenvalue weighted by Crippen LogP contribution is -2.49. The van der Waals surface area contributed by atoms with Gasteiger partial charge in [0.2, 0.25) is 0 Å². The van der Waals surface area contributed by atoms with Crippen molar-refractivity contribution < 1.29 is 38.6 Å². The van der Waals surface area contributed by atoms with Gasteiger partial charge in [0.1, 0.15) is 25.0 Å². The number of hydrogen-bond donors (Lipinski definition) is 5. The molecule has 5 rings (SSSR count). The number of rotatable bonds is 11. The molecule has 45 heavy (non-hydrogen) atoms. The van der Waals surface area contributed by atoms with Gasteiger partial charge in [-0.05, 0) is 11.1 Å². The summed E-state index contributed by atoms with van der Waals surface area (Å²) in [6, 6.07) is 16.4. The summed E-state index contributed by atoms with van der Waals surface area (Å²) in [6.07, 6.45) is -1.02. The zero-order valence-electron chi connectivity index (χ0n) is 24.4. The van der Waals surface area contributed by atoms with Crippen LogP contribution in [0.3, 0.4) is 0 Å². The van der Waals surface area contributed by atoms with Gasteiger partial charge in [0.05, 0.1) is 19.1 Å². The minimum atomic E-state index is -1.45. The Morgan fingerprint density at radius 3 is 2.38 bits per heavy atom. The van der Waals surface area contributed by atoms with Crippen molar-refractivity contribution in [1.82, 2.24) is 26.2 Å². The number of benzene rings is 2. The van der Waals surface area contributed by atoms with Crippen LogP contribution >= 0.6 is 0 Å². The highest BCUT2D eigenvalue weighted by molar-refractivity contribution is 6.39. The van der Waals surface area contributed by atoms with Crippen LogP contribution in [-0.2, 0) is 37.1 Å². The molecule has 0 radical (unpaired) electrons. The van der Waals surface area contributed by atoms with E-state index >= 15 is 0 Å². The number of alkyl carbamates (subject to hydrolysis) is 1. The maximum absolute atomic E-state index is 13.2. The lowest BCUT2D eigenvalue weighted by Gasteiger charge is -2.24. The number of guanidine groups is 1. The molecule has 2 aromatic rings. The predicted octanol–water partition coefficient (Wildman–Crippen LogP) is 0.957. The third kappa shape index (κ3) is 8.40. The van der Waals surface area contributed by atoms with Crippen molar-refractivity contribution in [3.05, 3.63) is 71.8 Å². The number of aliphatic imine (C=N–C) groups is 1. The second-order valence-corrected chi connectivity index (χ2v) is 10.9. The topological polar surface area (TPSA) is 192 Å². The molecule has 5 N–H and O–H groups in total. The van der Waals surface area contributed by atoms with Crippen LogP contribution in [0.4, 0.5) is 9.59 Å². The molecular formula is C30H35N7O8. The highest BCUT2D eigenvalue weighted by atomic mass is 16.7. The molecule has 2 unspecified atom stereocenters. The van der Waals surface area contributed by atoms with Crippen molar-refractivity contribution in [2.45, 2.75) is 43.7 Å². The second-order valence-electron chi connectivity index (χ2n) is 10.9. The quantitative estimate of drug-likeness (QED) is 0.241. The van der Waals surface area contributed by atoms with Crippen LogP contribution in [0.25, 0.3) is 0 Å². The molecule has 1 saturated heterocycles. The Morgan fingerprint density at radius 1 is 1.04 bits per heavy atom. The molecule has 3 heterocycles. The normalized spacial score (nSPS) is 20.7. The summed E-state index contributed by atoms with van der Waals surface area (Å²) < 4.78 is 10.7. The SMILES string of the molecule is O=C(NC(CNC(=O)C1=NO[C@]2(C1)CC(CNC1=NCCN1)N(C(=O)OCc1ccccc1)C2)C(=O)O)OCc1ccccc1. The van der Waals surface area contributed by atoms with Gasteiger partial charge in [0.25, 0.3) is 5.91 Å². The Labute approximate surface area is 259 Å². The van der Waals surface area contributed by atoms with Gasteiger partial charge < -0.3 is 40.7 Å². The smallest absolute Gasteiger partial charge is 0.410 e. The van der Waals surface area contributed by atoms with Gasteiger partial charge >= 0.3 is 18.2 Å². The van der Waals surface area contributed by atoms with Crippen molar-refractivity contribution in [3.8, 4) is 0 Å². The van der Waals surface area contributed by atoms with E-state index in [1.165, 1.54) is 0 Å². The maximum Gasteiger partial charge on any atom is 0.410 e. The number of amides is 3. The van der Waals surface area contributed by atoms with E-state index in [2.05, 4.69) is 31.4 Å². The maximum atomic E-state index is 13.2. The Balaban J connectivity index is 1.14. The Hall–Kier alpha value is -5.34. The van der Waals surface area contributed by atoms with Crippen LogP contribution in [0.2, 0.25) is 0 Å². The van der Waals surface area contributed by atoms with Gasteiger partial charge in [-0.3, -0.25) is 14.7 Å². The Morgan fingerprint density at radius 2 is 1.73 bits per heavy atom. The fourth-order valence-electron chi connectivity index (χ4n) is 5.21. The number of carbonyl (C=O) groups is 4. The molecule has 0 saturated carbocycles. The highest BCUT2D eigenvalue weighted by Gasteiger charge is 2.52. The fraction of sp³-hybridized carbons (Fsp3) is 0.400. The van der Waals surface area contributed by atoms with E-state index in [1.807, 2.05) is 36.4 Å². The van der Waals surface area contributed by atoms with E-state index in [9.17, 15) is 24.3 Å². The summed E-state index contributed by atoms with van der Waals surface area (Å²) >= 11 is 0. The number of carboxylic acid groups (broad SMARTS) is 1. The highest BCUT2D eigenvalue weighted by Crippen LogP contribution is 2.37. The van der Waals surface area contributed by atoms with Crippen molar-refractivity contribution >= 4 is 35.7 Å². The van der Waals surface area contributed by atoms with E-state index in [4.69, 9.17) is 14.3 Å². The monoisotopic (exact) mass is 621 g/mol. The molecule has 1 fully saturated rings. The van der Waals surface area contributed by atoms with E-state index < -0.39 is 42.3 Å². The molecule has 3 amide bonds. The van der Waals surface area contributed by atoms with Crippen molar-refractivity contribution in [1.29, 1.82) is 0 Å². The molecule has 0 aromatic heterocycles. The minimum absolute atomic E-state index is 0.0406. The number of oxime groups is 1. The number of aliphatic carboxylic acids is 1. The summed E-state index contributed by atoms with van der Waals surface area (Å²) in [5.41, 5.74) is 0.648.